The number of hydrogen-bond donors (Lipinski definition) is 1. The maximum atomic E-state index is 13.4. The van der Waals surface area contributed by atoms with Gasteiger partial charge in [0.25, 0.3) is 5.56 Å². The number of aryl methyl sites for hydroxylation is 1. The third-order valence-electron chi connectivity index (χ3n) is 6.18. The van der Waals surface area contributed by atoms with Crippen molar-refractivity contribution in [2.75, 3.05) is 13.7 Å². The zero-order chi connectivity index (χ0) is 23.4. The Bertz CT molecular complexity index is 1510. The van der Waals surface area contributed by atoms with E-state index in [1.165, 1.54) is 18.7 Å². The highest BCUT2D eigenvalue weighted by Crippen LogP contribution is 2.42. The Morgan fingerprint density at radius 3 is 2.52 bits per heavy atom. The van der Waals surface area contributed by atoms with Crippen LogP contribution in [0.2, 0.25) is 5.02 Å². The maximum Gasteiger partial charge on any atom is 0.331 e. The highest BCUT2D eigenvalue weighted by Gasteiger charge is 2.33. The van der Waals surface area contributed by atoms with E-state index >= 15 is 0 Å². The van der Waals surface area contributed by atoms with Gasteiger partial charge in [0.05, 0.1) is 36.0 Å². The standard InChI is InChI=1S/C24H22ClN3O5/c1-26-20-18(23(30)27(2)24(26)31)19(13-4-7-15(25)8-5-13)28-10-11-33-22(21(20)28)14-6-9-16(29)17(12-14)32-3/h4-9,12,22,29H,10-11H2,1-3H3/t22-/m1/s1. The fraction of sp³-hybridized carbons (Fsp3) is 0.250. The van der Waals surface area contributed by atoms with Gasteiger partial charge in [0, 0.05) is 25.7 Å². The molecule has 0 bridgehead atoms. The van der Waals surface area contributed by atoms with E-state index in [1.54, 1.807) is 37.4 Å². The summed E-state index contributed by atoms with van der Waals surface area (Å²) in [5.74, 6) is 0.326. The van der Waals surface area contributed by atoms with Crippen molar-refractivity contribution in [3.05, 3.63) is 79.6 Å². The number of hydrogen-bond acceptors (Lipinski definition) is 5. The summed E-state index contributed by atoms with van der Waals surface area (Å²) in [6.07, 6.45) is -0.575. The molecule has 2 aromatic carbocycles. The molecule has 5 rings (SSSR count). The minimum absolute atomic E-state index is 0.0143. The van der Waals surface area contributed by atoms with Gasteiger partial charge in [-0.25, -0.2) is 4.79 Å². The highest BCUT2D eigenvalue weighted by atomic mass is 35.5. The molecule has 9 heteroatoms. The molecule has 4 aromatic rings. The lowest BCUT2D eigenvalue weighted by molar-refractivity contribution is 0.0477. The Morgan fingerprint density at radius 1 is 1.09 bits per heavy atom. The van der Waals surface area contributed by atoms with Crippen molar-refractivity contribution in [1.82, 2.24) is 13.7 Å². The van der Waals surface area contributed by atoms with Crippen LogP contribution >= 0.6 is 11.6 Å². The Labute approximate surface area is 193 Å². The molecule has 1 aliphatic rings. The number of rotatable bonds is 3. The van der Waals surface area contributed by atoms with Gasteiger partial charge in [-0.3, -0.25) is 13.9 Å². The first-order valence-electron chi connectivity index (χ1n) is 10.4. The van der Waals surface area contributed by atoms with Gasteiger partial charge >= 0.3 is 5.69 Å². The van der Waals surface area contributed by atoms with Gasteiger partial charge in [0.15, 0.2) is 11.5 Å². The number of aromatic nitrogens is 3. The Balaban J connectivity index is 1.91. The number of fused-ring (bicyclic) bond motifs is 3. The van der Waals surface area contributed by atoms with Crippen LogP contribution in [0.4, 0.5) is 0 Å². The fourth-order valence-corrected chi connectivity index (χ4v) is 4.72. The van der Waals surface area contributed by atoms with E-state index in [2.05, 4.69) is 0 Å². The summed E-state index contributed by atoms with van der Waals surface area (Å²) in [7, 11) is 4.61. The van der Waals surface area contributed by atoms with E-state index < -0.39 is 11.8 Å². The molecule has 0 amide bonds. The molecule has 1 atom stereocenters. The van der Waals surface area contributed by atoms with Crippen LogP contribution < -0.4 is 16.0 Å². The molecule has 0 aliphatic carbocycles. The summed E-state index contributed by atoms with van der Waals surface area (Å²) in [5.41, 5.74) is 2.69. The summed E-state index contributed by atoms with van der Waals surface area (Å²) >= 11 is 6.11. The van der Waals surface area contributed by atoms with E-state index in [-0.39, 0.29) is 11.3 Å². The van der Waals surface area contributed by atoms with E-state index in [0.29, 0.717) is 46.2 Å². The third-order valence-corrected chi connectivity index (χ3v) is 6.43. The van der Waals surface area contributed by atoms with Crippen LogP contribution in [-0.4, -0.2) is 32.5 Å². The third kappa shape index (κ3) is 3.17. The maximum absolute atomic E-state index is 13.4. The van der Waals surface area contributed by atoms with Gasteiger partial charge in [-0.1, -0.05) is 29.8 Å². The van der Waals surface area contributed by atoms with Gasteiger partial charge in [-0.15, -0.1) is 0 Å². The van der Waals surface area contributed by atoms with Crippen molar-refractivity contribution in [2.45, 2.75) is 12.6 Å². The van der Waals surface area contributed by atoms with E-state index in [4.69, 9.17) is 21.1 Å². The molecule has 170 valence electrons. The predicted molar refractivity (Wildman–Crippen MR) is 125 cm³/mol. The summed E-state index contributed by atoms with van der Waals surface area (Å²) < 4.78 is 16.1. The number of nitrogens with zero attached hydrogens (tertiary/aromatic N) is 3. The average Bonchev–Trinajstić information content (AvgIpc) is 3.18. The molecular weight excluding hydrogens is 446 g/mol. The summed E-state index contributed by atoms with van der Waals surface area (Å²) in [6.45, 7) is 0.904. The second-order valence-electron chi connectivity index (χ2n) is 8.00. The van der Waals surface area contributed by atoms with Gasteiger partial charge < -0.3 is 19.1 Å². The van der Waals surface area contributed by atoms with Crippen molar-refractivity contribution in [3.63, 3.8) is 0 Å². The van der Waals surface area contributed by atoms with Crippen LogP contribution in [0.1, 0.15) is 17.4 Å². The van der Waals surface area contributed by atoms with E-state index in [9.17, 15) is 14.7 Å². The predicted octanol–water partition coefficient (Wildman–Crippen LogP) is 3.19. The lowest BCUT2D eigenvalue weighted by atomic mass is 10.0. The van der Waals surface area contributed by atoms with Gasteiger partial charge in [0.2, 0.25) is 0 Å². The first kappa shape index (κ1) is 21.4. The number of methoxy groups -OCH3 is 1. The molecule has 8 nitrogen and oxygen atoms in total. The van der Waals surface area contributed by atoms with Crippen LogP contribution in [-0.2, 0) is 25.4 Å². The summed E-state index contributed by atoms with van der Waals surface area (Å²) in [6, 6.07) is 12.3. The minimum Gasteiger partial charge on any atom is -0.504 e. The number of phenolic OH excluding ortho intramolecular Hbond substituents is 1. The van der Waals surface area contributed by atoms with E-state index in [0.717, 1.165) is 15.7 Å². The van der Waals surface area contributed by atoms with Crippen LogP contribution in [0.25, 0.3) is 22.2 Å². The number of aromatic hydroxyl groups is 1. The molecule has 0 unspecified atom stereocenters. The Kier molecular flexibility index (Phi) is 5.07. The minimum atomic E-state index is -0.575. The molecule has 1 aliphatic heterocycles. The van der Waals surface area contributed by atoms with Crippen molar-refractivity contribution in [3.8, 4) is 22.8 Å². The number of halogens is 1. The number of benzene rings is 2. The zero-order valence-corrected chi connectivity index (χ0v) is 19.1. The first-order chi connectivity index (χ1) is 15.8. The topological polar surface area (TPSA) is 87.6 Å². The molecule has 0 spiro atoms. The SMILES string of the molecule is COc1cc([C@H]2OCCn3c(-c4ccc(Cl)cc4)c4c(=O)n(C)c(=O)n(C)c4c32)ccc1O. The summed E-state index contributed by atoms with van der Waals surface area (Å²) in [4.78, 5) is 26.3. The van der Waals surface area contributed by atoms with Gasteiger partial charge in [-0.2, -0.15) is 0 Å². The van der Waals surface area contributed by atoms with Crippen molar-refractivity contribution < 1.29 is 14.6 Å². The second kappa shape index (κ2) is 7.83. The zero-order valence-electron chi connectivity index (χ0n) is 18.3. The molecule has 3 heterocycles. The molecular formula is C24H22ClN3O5. The molecule has 0 saturated carbocycles. The quantitative estimate of drug-likeness (QED) is 0.500. The lowest BCUT2D eigenvalue weighted by Crippen LogP contribution is -2.37. The Hall–Kier alpha value is -3.49. The van der Waals surface area contributed by atoms with E-state index in [1.807, 2.05) is 16.7 Å². The monoisotopic (exact) mass is 467 g/mol. The average molecular weight is 468 g/mol. The number of phenols is 1. The van der Waals surface area contributed by atoms with Crippen LogP contribution in [0.15, 0.2) is 52.1 Å². The smallest absolute Gasteiger partial charge is 0.331 e. The van der Waals surface area contributed by atoms with Gasteiger partial charge in [-0.05, 0) is 35.4 Å². The summed E-state index contributed by atoms with van der Waals surface area (Å²) in [5, 5.41) is 11.1. The molecule has 1 N–H and O–H groups in total. The second-order valence-corrected chi connectivity index (χ2v) is 8.44. The van der Waals surface area contributed by atoms with Crippen molar-refractivity contribution in [1.29, 1.82) is 0 Å². The van der Waals surface area contributed by atoms with Crippen LogP contribution in [0.5, 0.6) is 11.5 Å². The first-order valence-corrected chi connectivity index (χ1v) is 10.8. The van der Waals surface area contributed by atoms with Crippen molar-refractivity contribution >= 4 is 22.5 Å². The molecule has 0 saturated heterocycles. The lowest BCUT2D eigenvalue weighted by Gasteiger charge is -2.28. The van der Waals surface area contributed by atoms with Gasteiger partial charge in [0.1, 0.15) is 6.10 Å². The van der Waals surface area contributed by atoms with Crippen LogP contribution in [0.3, 0.4) is 0 Å². The molecule has 2 aromatic heterocycles. The Morgan fingerprint density at radius 2 is 1.82 bits per heavy atom. The number of ether oxygens (including phenoxy) is 2. The molecule has 33 heavy (non-hydrogen) atoms. The molecule has 0 radical (unpaired) electrons. The molecule has 0 fully saturated rings. The van der Waals surface area contributed by atoms with Crippen LogP contribution in [0, 0.1) is 0 Å². The highest BCUT2D eigenvalue weighted by molar-refractivity contribution is 6.30. The normalized spacial score (nSPS) is 15.6. The largest absolute Gasteiger partial charge is 0.504 e. The fourth-order valence-electron chi connectivity index (χ4n) is 4.60. The van der Waals surface area contributed by atoms with Crippen molar-refractivity contribution in [2.24, 2.45) is 14.1 Å².